The smallest absolute Gasteiger partial charge is 0.232 e. The normalized spacial score (nSPS) is 11.5. The van der Waals surface area contributed by atoms with Gasteiger partial charge in [0, 0.05) is 12.2 Å². The van der Waals surface area contributed by atoms with Crippen molar-refractivity contribution in [2.45, 2.75) is 24.1 Å². The van der Waals surface area contributed by atoms with Crippen molar-refractivity contribution in [3.05, 3.63) is 71.5 Å². The summed E-state index contributed by atoms with van der Waals surface area (Å²) in [5.41, 5.74) is 2.78. The number of carbonyl (C=O) groups is 1. The van der Waals surface area contributed by atoms with Crippen molar-refractivity contribution in [2.75, 3.05) is 18.4 Å². The molecular formula is C20H24ClN5O2S. The molecule has 1 atom stereocenters. The second kappa shape index (κ2) is 11.6. The molecule has 0 radical (unpaired) electrons. The molecule has 0 spiro atoms. The second-order valence-electron chi connectivity index (χ2n) is 6.38. The SMILES string of the molecule is Cl.O=C(Cc1n[nH]c(S)n1)Nc1ccc(CCNCC(O)c2ccccc2)cc1. The van der Waals surface area contributed by atoms with Crippen molar-refractivity contribution in [1.82, 2.24) is 20.5 Å². The number of rotatable bonds is 9. The van der Waals surface area contributed by atoms with Gasteiger partial charge in [0.1, 0.15) is 0 Å². The first-order chi connectivity index (χ1) is 13.6. The number of nitrogens with zero attached hydrogens (tertiary/aromatic N) is 2. The summed E-state index contributed by atoms with van der Waals surface area (Å²) in [4.78, 5) is 16.0. The maximum Gasteiger partial charge on any atom is 0.232 e. The van der Waals surface area contributed by atoms with Crippen molar-refractivity contribution in [2.24, 2.45) is 0 Å². The fraction of sp³-hybridized carbons (Fsp3) is 0.250. The number of nitrogens with one attached hydrogen (secondary N) is 3. The van der Waals surface area contributed by atoms with Gasteiger partial charge in [-0.05, 0) is 36.2 Å². The van der Waals surface area contributed by atoms with Crippen LogP contribution in [0.15, 0.2) is 59.8 Å². The monoisotopic (exact) mass is 433 g/mol. The average Bonchev–Trinajstić information content (AvgIpc) is 3.11. The second-order valence-corrected chi connectivity index (χ2v) is 6.80. The Morgan fingerprint density at radius 2 is 1.86 bits per heavy atom. The lowest BCUT2D eigenvalue weighted by atomic mass is 10.1. The maximum absolute atomic E-state index is 12.0. The fourth-order valence-corrected chi connectivity index (χ4v) is 2.90. The average molecular weight is 434 g/mol. The molecule has 7 nitrogen and oxygen atoms in total. The lowest BCUT2D eigenvalue weighted by molar-refractivity contribution is -0.115. The van der Waals surface area contributed by atoms with Gasteiger partial charge in [0.05, 0.1) is 12.5 Å². The van der Waals surface area contributed by atoms with Gasteiger partial charge < -0.3 is 15.7 Å². The van der Waals surface area contributed by atoms with Crippen molar-refractivity contribution >= 4 is 36.6 Å². The van der Waals surface area contributed by atoms with Gasteiger partial charge in [-0.25, -0.2) is 4.98 Å². The van der Waals surface area contributed by atoms with Gasteiger partial charge in [0.25, 0.3) is 0 Å². The number of anilines is 1. The van der Waals surface area contributed by atoms with E-state index in [0.717, 1.165) is 29.8 Å². The number of aromatic nitrogens is 3. The van der Waals surface area contributed by atoms with E-state index < -0.39 is 6.10 Å². The molecule has 0 aliphatic heterocycles. The van der Waals surface area contributed by atoms with Gasteiger partial charge in [-0.15, -0.1) is 25.0 Å². The number of hydrogen-bond acceptors (Lipinski definition) is 6. The maximum atomic E-state index is 12.0. The number of hydrogen-bond donors (Lipinski definition) is 5. The Kier molecular flexibility index (Phi) is 9.14. The highest BCUT2D eigenvalue weighted by molar-refractivity contribution is 7.80. The van der Waals surface area contributed by atoms with Crippen LogP contribution in [0.5, 0.6) is 0 Å². The molecule has 3 aromatic rings. The van der Waals surface area contributed by atoms with Gasteiger partial charge in [0.2, 0.25) is 5.91 Å². The Balaban J connectivity index is 0.00000300. The number of thiol groups is 1. The molecule has 9 heteroatoms. The first kappa shape index (κ1) is 22.9. The Labute approximate surface area is 181 Å². The lowest BCUT2D eigenvalue weighted by Crippen LogP contribution is -2.23. The minimum atomic E-state index is -0.513. The van der Waals surface area contributed by atoms with E-state index in [4.69, 9.17) is 0 Å². The molecule has 2 aromatic carbocycles. The van der Waals surface area contributed by atoms with Crippen LogP contribution >= 0.6 is 25.0 Å². The van der Waals surface area contributed by atoms with Crippen molar-refractivity contribution in [1.29, 1.82) is 0 Å². The molecule has 0 aliphatic carbocycles. The van der Waals surface area contributed by atoms with Gasteiger partial charge in [-0.3, -0.25) is 9.89 Å². The Morgan fingerprint density at radius 1 is 1.14 bits per heavy atom. The molecular weight excluding hydrogens is 410 g/mol. The van der Waals surface area contributed by atoms with Gasteiger partial charge in [0.15, 0.2) is 11.0 Å². The first-order valence-corrected chi connectivity index (χ1v) is 9.47. The molecule has 1 heterocycles. The quantitative estimate of drug-likeness (QED) is 0.263. The summed E-state index contributed by atoms with van der Waals surface area (Å²) in [5.74, 6) is 0.222. The zero-order chi connectivity index (χ0) is 19.8. The minimum absolute atomic E-state index is 0. The third-order valence-electron chi connectivity index (χ3n) is 4.19. The van der Waals surface area contributed by atoms with Crippen molar-refractivity contribution in [3.63, 3.8) is 0 Å². The summed E-state index contributed by atoms with van der Waals surface area (Å²) in [5, 5.41) is 23.1. The number of aliphatic hydroxyl groups excluding tert-OH is 1. The van der Waals surface area contributed by atoms with E-state index in [1.54, 1.807) is 0 Å². The fourth-order valence-electron chi connectivity index (χ4n) is 2.73. The number of H-pyrrole nitrogens is 1. The Morgan fingerprint density at radius 3 is 2.52 bits per heavy atom. The molecule has 29 heavy (non-hydrogen) atoms. The Bertz CT molecular complexity index is 889. The number of benzene rings is 2. The molecule has 154 valence electrons. The zero-order valence-corrected chi connectivity index (χ0v) is 17.4. The van der Waals surface area contributed by atoms with Crippen LogP contribution in [0.3, 0.4) is 0 Å². The van der Waals surface area contributed by atoms with Gasteiger partial charge >= 0.3 is 0 Å². The highest BCUT2D eigenvalue weighted by atomic mass is 35.5. The van der Waals surface area contributed by atoms with Gasteiger partial charge in [-0.1, -0.05) is 42.5 Å². The summed E-state index contributed by atoms with van der Waals surface area (Å²) in [6.45, 7) is 1.26. The third-order valence-corrected chi connectivity index (χ3v) is 4.39. The van der Waals surface area contributed by atoms with Crippen LogP contribution in [-0.2, 0) is 17.6 Å². The number of amides is 1. The van der Waals surface area contributed by atoms with E-state index in [-0.39, 0.29) is 24.7 Å². The standard InChI is InChI=1S/C20H23N5O2S.ClH/c26-17(15-4-2-1-3-5-15)13-21-11-10-14-6-8-16(9-7-14)22-19(27)12-18-23-20(28)25-24-18;/h1-9,17,21,26H,10-13H2,(H,22,27)(H2,23,24,25,28);1H. The topological polar surface area (TPSA) is 103 Å². The van der Waals surface area contributed by atoms with Crippen LogP contribution in [0, 0.1) is 0 Å². The predicted octanol–water partition coefficient (Wildman–Crippen LogP) is 2.56. The summed E-state index contributed by atoms with van der Waals surface area (Å²) in [6.07, 6.45) is 0.408. The number of aromatic amines is 1. The van der Waals surface area contributed by atoms with Crippen LogP contribution in [0.4, 0.5) is 5.69 Å². The van der Waals surface area contributed by atoms with Crippen LogP contribution in [0.25, 0.3) is 0 Å². The minimum Gasteiger partial charge on any atom is -0.387 e. The largest absolute Gasteiger partial charge is 0.387 e. The summed E-state index contributed by atoms with van der Waals surface area (Å²) in [6, 6.07) is 17.3. The zero-order valence-electron chi connectivity index (χ0n) is 15.7. The highest BCUT2D eigenvalue weighted by Gasteiger charge is 2.09. The van der Waals surface area contributed by atoms with Crippen LogP contribution in [0.2, 0.25) is 0 Å². The molecule has 0 saturated heterocycles. The first-order valence-electron chi connectivity index (χ1n) is 9.03. The van der Waals surface area contributed by atoms with Crippen LogP contribution in [0.1, 0.15) is 23.1 Å². The summed E-state index contributed by atoms with van der Waals surface area (Å²) < 4.78 is 0. The number of carbonyl (C=O) groups excluding carboxylic acids is 1. The highest BCUT2D eigenvalue weighted by Crippen LogP contribution is 2.12. The van der Waals surface area contributed by atoms with E-state index >= 15 is 0 Å². The molecule has 0 fully saturated rings. The number of halogens is 1. The van der Waals surface area contributed by atoms with Crippen LogP contribution in [-0.4, -0.2) is 39.3 Å². The third kappa shape index (κ3) is 7.51. The predicted molar refractivity (Wildman–Crippen MR) is 118 cm³/mol. The summed E-state index contributed by atoms with van der Waals surface area (Å²) >= 11 is 4.02. The summed E-state index contributed by atoms with van der Waals surface area (Å²) in [7, 11) is 0. The molecule has 1 amide bonds. The molecule has 1 unspecified atom stereocenters. The molecule has 3 rings (SSSR count). The van der Waals surface area contributed by atoms with Gasteiger partial charge in [-0.2, -0.15) is 5.10 Å². The number of aliphatic hydroxyl groups is 1. The molecule has 0 saturated carbocycles. The van der Waals surface area contributed by atoms with Crippen molar-refractivity contribution < 1.29 is 9.90 Å². The van der Waals surface area contributed by atoms with E-state index in [1.165, 1.54) is 0 Å². The molecule has 0 aliphatic rings. The molecule has 4 N–H and O–H groups in total. The molecule has 1 aromatic heterocycles. The lowest BCUT2D eigenvalue weighted by Gasteiger charge is -2.12. The Hall–Kier alpha value is -2.39. The van der Waals surface area contributed by atoms with Crippen molar-refractivity contribution in [3.8, 4) is 0 Å². The van der Waals surface area contributed by atoms with Crippen LogP contribution < -0.4 is 10.6 Å². The van der Waals surface area contributed by atoms with E-state index in [9.17, 15) is 9.90 Å². The van der Waals surface area contributed by atoms with E-state index in [2.05, 4.69) is 38.4 Å². The van der Waals surface area contributed by atoms with E-state index in [0.29, 0.717) is 17.5 Å². The van der Waals surface area contributed by atoms with E-state index in [1.807, 2.05) is 54.6 Å². The molecule has 0 bridgehead atoms.